The first-order valence-corrected chi connectivity index (χ1v) is 5.94. The summed E-state index contributed by atoms with van der Waals surface area (Å²) in [5.41, 5.74) is 5.73. The molecule has 0 unspecified atom stereocenters. The van der Waals surface area contributed by atoms with Gasteiger partial charge >= 0.3 is 0 Å². The minimum atomic E-state index is -0.745. The van der Waals surface area contributed by atoms with Crippen molar-refractivity contribution in [2.24, 2.45) is 10.9 Å². The van der Waals surface area contributed by atoms with E-state index in [0.29, 0.717) is 12.8 Å². The van der Waals surface area contributed by atoms with Crippen LogP contribution in [0.2, 0.25) is 0 Å². The molecule has 0 saturated heterocycles. The van der Waals surface area contributed by atoms with E-state index in [1.54, 1.807) is 13.0 Å². The van der Waals surface area contributed by atoms with E-state index in [9.17, 15) is 4.79 Å². The molecule has 6 heteroatoms. The first-order valence-electron chi connectivity index (χ1n) is 5.94. The first-order chi connectivity index (χ1) is 8.59. The van der Waals surface area contributed by atoms with Gasteiger partial charge in [-0.05, 0) is 25.8 Å². The van der Waals surface area contributed by atoms with Crippen molar-refractivity contribution in [3.8, 4) is 0 Å². The van der Waals surface area contributed by atoms with Crippen LogP contribution >= 0.6 is 0 Å². The Labute approximate surface area is 105 Å². The summed E-state index contributed by atoms with van der Waals surface area (Å²) in [5.74, 6) is -0.00410. The number of carbonyl (C=O) groups excluding carboxylic acids is 1. The molecule has 0 bridgehead atoms. The Hall–Kier alpha value is -1.98. The second-order valence-corrected chi connectivity index (χ2v) is 4.66. The topological polar surface area (TPSA) is 101 Å². The largest absolute Gasteiger partial charge is 0.459 e. The molecule has 1 aliphatic rings. The fourth-order valence-electron chi connectivity index (χ4n) is 2.40. The van der Waals surface area contributed by atoms with Crippen molar-refractivity contribution in [1.29, 1.82) is 0 Å². The van der Waals surface area contributed by atoms with Crippen LogP contribution < -0.4 is 11.1 Å². The van der Waals surface area contributed by atoms with Crippen molar-refractivity contribution in [1.82, 2.24) is 5.32 Å². The molecule has 0 spiro atoms. The number of amidine groups is 1. The van der Waals surface area contributed by atoms with E-state index in [4.69, 9.17) is 15.4 Å². The Morgan fingerprint density at radius 3 is 2.72 bits per heavy atom. The monoisotopic (exact) mass is 251 g/mol. The summed E-state index contributed by atoms with van der Waals surface area (Å²) in [4.78, 5) is 12.1. The minimum Gasteiger partial charge on any atom is -0.459 e. The zero-order chi connectivity index (χ0) is 13.2. The number of amides is 1. The lowest BCUT2D eigenvalue weighted by molar-refractivity contribution is 0.0893. The first kappa shape index (κ1) is 12.5. The molecule has 2 rings (SSSR count). The summed E-state index contributed by atoms with van der Waals surface area (Å²) in [6, 6.07) is 1.72. The van der Waals surface area contributed by atoms with Crippen molar-refractivity contribution in [3.63, 3.8) is 0 Å². The second kappa shape index (κ2) is 4.72. The normalized spacial score (nSPS) is 18.8. The van der Waals surface area contributed by atoms with Crippen LogP contribution in [-0.4, -0.2) is 22.5 Å². The number of nitrogens with zero attached hydrogens (tertiary/aromatic N) is 1. The highest BCUT2D eigenvalue weighted by atomic mass is 16.4. The number of aryl methyl sites for hydroxylation is 1. The van der Waals surface area contributed by atoms with Gasteiger partial charge in [-0.1, -0.05) is 18.0 Å². The number of nitrogens with one attached hydrogen (secondary N) is 1. The number of furan rings is 1. The SMILES string of the molecule is Cc1ccoc1C(=O)NC1(/C(N)=N/O)CCCC1. The van der Waals surface area contributed by atoms with Gasteiger partial charge in [0.1, 0.15) is 5.54 Å². The van der Waals surface area contributed by atoms with Gasteiger partial charge < -0.3 is 20.7 Å². The van der Waals surface area contributed by atoms with Gasteiger partial charge in [0.2, 0.25) is 0 Å². The van der Waals surface area contributed by atoms with Crippen molar-refractivity contribution < 1.29 is 14.4 Å². The molecule has 1 aliphatic carbocycles. The van der Waals surface area contributed by atoms with Crippen LogP contribution in [0.3, 0.4) is 0 Å². The molecule has 1 aromatic rings. The highest BCUT2D eigenvalue weighted by molar-refractivity contribution is 5.99. The summed E-state index contributed by atoms with van der Waals surface area (Å²) < 4.78 is 5.14. The maximum atomic E-state index is 12.1. The van der Waals surface area contributed by atoms with Crippen LogP contribution in [0.4, 0.5) is 0 Å². The molecule has 0 aliphatic heterocycles. The molecular formula is C12H17N3O3. The van der Waals surface area contributed by atoms with Gasteiger partial charge in [0.05, 0.1) is 6.26 Å². The van der Waals surface area contributed by atoms with Crippen molar-refractivity contribution in [2.75, 3.05) is 0 Å². The molecule has 1 fully saturated rings. The predicted octanol–water partition coefficient (Wildman–Crippen LogP) is 1.38. The predicted molar refractivity (Wildman–Crippen MR) is 65.5 cm³/mol. The third-order valence-corrected chi connectivity index (χ3v) is 3.48. The van der Waals surface area contributed by atoms with Crippen LogP contribution in [0, 0.1) is 6.92 Å². The van der Waals surface area contributed by atoms with E-state index >= 15 is 0 Å². The third-order valence-electron chi connectivity index (χ3n) is 3.48. The van der Waals surface area contributed by atoms with Gasteiger partial charge in [0, 0.05) is 5.56 Å². The quantitative estimate of drug-likeness (QED) is 0.327. The van der Waals surface area contributed by atoms with Gasteiger partial charge in [0.15, 0.2) is 11.6 Å². The highest BCUT2D eigenvalue weighted by Crippen LogP contribution is 2.30. The molecule has 1 saturated carbocycles. The summed E-state index contributed by atoms with van der Waals surface area (Å²) in [7, 11) is 0. The smallest absolute Gasteiger partial charge is 0.288 e. The lowest BCUT2D eigenvalue weighted by Crippen LogP contribution is -2.55. The van der Waals surface area contributed by atoms with Gasteiger partial charge in [-0.25, -0.2) is 0 Å². The van der Waals surface area contributed by atoms with Crippen LogP contribution in [0.15, 0.2) is 21.9 Å². The zero-order valence-electron chi connectivity index (χ0n) is 10.3. The van der Waals surface area contributed by atoms with Gasteiger partial charge in [0.25, 0.3) is 5.91 Å². The van der Waals surface area contributed by atoms with Crippen molar-refractivity contribution >= 4 is 11.7 Å². The number of hydrogen-bond acceptors (Lipinski definition) is 4. The molecule has 1 heterocycles. The molecule has 0 radical (unpaired) electrons. The van der Waals surface area contributed by atoms with Crippen LogP contribution in [0.25, 0.3) is 0 Å². The fourth-order valence-corrected chi connectivity index (χ4v) is 2.40. The summed E-state index contributed by atoms with van der Waals surface area (Å²) in [6.45, 7) is 1.79. The van der Waals surface area contributed by atoms with E-state index in [2.05, 4.69) is 10.5 Å². The highest BCUT2D eigenvalue weighted by Gasteiger charge is 2.40. The Bertz CT molecular complexity index is 473. The summed E-state index contributed by atoms with van der Waals surface area (Å²) in [5, 5.41) is 14.7. The molecular weight excluding hydrogens is 234 g/mol. The van der Waals surface area contributed by atoms with E-state index in [0.717, 1.165) is 18.4 Å². The Kier molecular flexibility index (Phi) is 3.27. The van der Waals surface area contributed by atoms with Crippen LogP contribution in [-0.2, 0) is 0 Å². The zero-order valence-corrected chi connectivity index (χ0v) is 10.3. The number of nitrogens with two attached hydrogens (primary N) is 1. The number of hydrogen-bond donors (Lipinski definition) is 3. The number of carbonyl (C=O) groups is 1. The van der Waals surface area contributed by atoms with Crippen molar-refractivity contribution in [2.45, 2.75) is 38.1 Å². The average Bonchev–Trinajstić information content (AvgIpc) is 2.97. The molecule has 0 aromatic carbocycles. The molecule has 4 N–H and O–H groups in total. The lowest BCUT2D eigenvalue weighted by atomic mass is 9.96. The second-order valence-electron chi connectivity index (χ2n) is 4.66. The minimum absolute atomic E-state index is 0.0533. The maximum absolute atomic E-state index is 12.1. The summed E-state index contributed by atoms with van der Waals surface area (Å²) >= 11 is 0. The standard InChI is InChI=1S/C12H17N3O3/c1-8-4-7-18-9(8)10(16)14-12(11(13)15-17)5-2-3-6-12/h4,7,17H,2-3,5-6H2,1H3,(H2,13,15)(H,14,16). The van der Waals surface area contributed by atoms with Crippen LogP contribution in [0.1, 0.15) is 41.8 Å². The van der Waals surface area contributed by atoms with Crippen LogP contribution in [0.5, 0.6) is 0 Å². The van der Waals surface area contributed by atoms with E-state index in [1.807, 2.05) is 0 Å². The molecule has 18 heavy (non-hydrogen) atoms. The van der Waals surface area contributed by atoms with E-state index < -0.39 is 5.54 Å². The number of rotatable bonds is 3. The average molecular weight is 251 g/mol. The maximum Gasteiger partial charge on any atom is 0.288 e. The fraction of sp³-hybridized carbons (Fsp3) is 0.500. The molecule has 0 atom stereocenters. The molecule has 98 valence electrons. The molecule has 1 aromatic heterocycles. The van der Waals surface area contributed by atoms with E-state index in [1.165, 1.54) is 6.26 Å². The lowest BCUT2D eigenvalue weighted by Gasteiger charge is -2.28. The van der Waals surface area contributed by atoms with Gasteiger partial charge in [-0.15, -0.1) is 0 Å². The third kappa shape index (κ3) is 2.05. The molecule has 1 amide bonds. The molecule has 6 nitrogen and oxygen atoms in total. The van der Waals surface area contributed by atoms with E-state index in [-0.39, 0.29) is 17.5 Å². The Morgan fingerprint density at radius 1 is 1.56 bits per heavy atom. The van der Waals surface area contributed by atoms with Gasteiger partial charge in [-0.3, -0.25) is 4.79 Å². The van der Waals surface area contributed by atoms with Crippen molar-refractivity contribution in [3.05, 3.63) is 23.7 Å². The van der Waals surface area contributed by atoms with Gasteiger partial charge in [-0.2, -0.15) is 0 Å². The summed E-state index contributed by atoms with van der Waals surface area (Å²) in [6.07, 6.45) is 4.69. The number of oxime groups is 1. The Balaban J connectivity index is 2.21. The Morgan fingerprint density at radius 2 is 2.22 bits per heavy atom.